The standard InChI is InChI=1S/C27H31NO2/c1-27(2,3)18-15-19-9-8-10-20(16-18)28(19)26(29)30-17-25-23-13-6-4-11-21(23)22-12-5-7-14-24(22)25/h4-7,11-15,19-20,25H,8-10,16-17H2,1-3H3. The largest absolute Gasteiger partial charge is 0.448 e. The Balaban J connectivity index is 1.35. The van der Waals surface area contributed by atoms with Crippen LogP contribution in [-0.2, 0) is 4.74 Å². The fraction of sp³-hybridized carbons (Fsp3) is 0.444. The maximum Gasteiger partial charge on any atom is 0.410 e. The highest BCUT2D eigenvalue weighted by molar-refractivity contribution is 5.79. The summed E-state index contributed by atoms with van der Waals surface area (Å²) >= 11 is 0. The fourth-order valence-corrected chi connectivity index (χ4v) is 5.54. The first kappa shape index (κ1) is 19.4. The summed E-state index contributed by atoms with van der Waals surface area (Å²) in [5, 5.41) is 0. The molecule has 1 aliphatic carbocycles. The van der Waals surface area contributed by atoms with Crippen LogP contribution in [0.3, 0.4) is 0 Å². The van der Waals surface area contributed by atoms with Crippen molar-refractivity contribution in [3.63, 3.8) is 0 Å². The minimum atomic E-state index is -0.143. The quantitative estimate of drug-likeness (QED) is 0.535. The molecule has 1 fully saturated rings. The Morgan fingerprint density at radius 2 is 1.63 bits per heavy atom. The van der Waals surface area contributed by atoms with E-state index in [1.165, 1.54) is 34.2 Å². The van der Waals surface area contributed by atoms with Crippen molar-refractivity contribution in [1.29, 1.82) is 0 Å². The van der Waals surface area contributed by atoms with Gasteiger partial charge in [0, 0.05) is 12.0 Å². The van der Waals surface area contributed by atoms with Crippen molar-refractivity contribution in [1.82, 2.24) is 4.90 Å². The van der Waals surface area contributed by atoms with Gasteiger partial charge in [0.2, 0.25) is 0 Å². The van der Waals surface area contributed by atoms with Gasteiger partial charge < -0.3 is 4.74 Å². The Hall–Kier alpha value is -2.55. The molecule has 1 amide bonds. The Labute approximate surface area is 179 Å². The van der Waals surface area contributed by atoms with E-state index in [2.05, 4.69) is 75.4 Å². The molecular formula is C27H31NO2. The summed E-state index contributed by atoms with van der Waals surface area (Å²) in [6.07, 6.45) is 6.49. The molecule has 1 saturated heterocycles. The van der Waals surface area contributed by atoms with Gasteiger partial charge in [-0.15, -0.1) is 0 Å². The summed E-state index contributed by atoms with van der Waals surface area (Å²) in [6, 6.07) is 17.5. The first-order valence-electron chi connectivity index (χ1n) is 11.3. The van der Waals surface area contributed by atoms with Crippen LogP contribution in [0.25, 0.3) is 11.1 Å². The summed E-state index contributed by atoms with van der Waals surface area (Å²) in [6.45, 7) is 7.23. The van der Waals surface area contributed by atoms with Crippen LogP contribution in [0, 0.1) is 5.41 Å². The predicted molar refractivity (Wildman–Crippen MR) is 120 cm³/mol. The van der Waals surface area contributed by atoms with Gasteiger partial charge in [-0.1, -0.05) is 81.0 Å². The molecule has 2 heterocycles. The highest BCUT2D eigenvalue weighted by Crippen LogP contribution is 2.45. The third-order valence-corrected chi connectivity index (χ3v) is 7.15. The number of nitrogens with zero attached hydrogens (tertiary/aromatic N) is 1. The fourth-order valence-electron chi connectivity index (χ4n) is 5.54. The van der Waals surface area contributed by atoms with Crippen LogP contribution in [0.2, 0.25) is 0 Å². The molecular weight excluding hydrogens is 370 g/mol. The van der Waals surface area contributed by atoms with Crippen LogP contribution in [-0.4, -0.2) is 29.7 Å². The molecule has 156 valence electrons. The second kappa shape index (κ2) is 7.30. The Kier molecular flexibility index (Phi) is 4.72. The molecule has 2 unspecified atom stereocenters. The molecule has 0 spiro atoms. The van der Waals surface area contributed by atoms with Crippen molar-refractivity contribution < 1.29 is 9.53 Å². The Morgan fingerprint density at radius 3 is 2.23 bits per heavy atom. The highest BCUT2D eigenvalue weighted by Gasteiger charge is 2.40. The van der Waals surface area contributed by atoms with Crippen LogP contribution < -0.4 is 0 Å². The number of ether oxygens (including phenoxy) is 1. The molecule has 0 saturated carbocycles. The lowest BCUT2D eigenvalue weighted by molar-refractivity contribution is 0.0487. The summed E-state index contributed by atoms with van der Waals surface area (Å²) in [5.74, 6) is 0.117. The van der Waals surface area contributed by atoms with E-state index < -0.39 is 0 Å². The molecule has 2 aliphatic heterocycles. The number of hydrogen-bond acceptors (Lipinski definition) is 2. The van der Waals surface area contributed by atoms with Gasteiger partial charge in [-0.05, 0) is 53.4 Å². The maximum absolute atomic E-state index is 13.2. The number of amides is 1. The molecule has 2 bridgehead atoms. The monoisotopic (exact) mass is 401 g/mol. The minimum Gasteiger partial charge on any atom is -0.448 e. The van der Waals surface area contributed by atoms with E-state index in [9.17, 15) is 4.79 Å². The highest BCUT2D eigenvalue weighted by atomic mass is 16.6. The maximum atomic E-state index is 13.2. The zero-order chi connectivity index (χ0) is 20.9. The van der Waals surface area contributed by atoms with Crippen molar-refractivity contribution in [2.45, 2.75) is 64.5 Å². The van der Waals surface area contributed by atoms with Gasteiger partial charge in [-0.3, -0.25) is 4.90 Å². The lowest BCUT2D eigenvalue weighted by atomic mass is 9.75. The van der Waals surface area contributed by atoms with E-state index in [1.807, 2.05) is 4.90 Å². The van der Waals surface area contributed by atoms with Crippen molar-refractivity contribution in [3.8, 4) is 11.1 Å². The molecule has 3 aliphatic rings. The number of piperidine rings is 1. The van der Waals surface area contributed by atoms with Gasteiger partial charge in [-0.25, -0.2) is 4.79 Å². The predicted octanol–water partition coefficient (Wildman–Crippen LogP) is 6.53. The topological polar surface area (TPSA) is 29.5 Å². The van der Waals surface area contributed by atoms with Gasteiger partial charge >= 0.3 is 6.09 Å². The molecule has 5 rings (SSSR count). The number of fused-ring (bicyclic) bond motifs is 5. The average Bonchev–Trinajstić information content (AvgIpc) is 3.04. The van der Waals surface area contributed by atoms with Gasteiger partial charge in [0.25, 0.3) is 0 Å². The van der Waals surface area contributed by atoms with Gasteiger partial charge in [0.1, 0.15) is 6.61 Å². The molecule has 0 aromatic heterocycles. The van der Waals surface area contributed by atoms with Crippen LogP contribution in [0.5, 0.6) is 0 Å². The zero-order valence-corrected chi connectivity index (χ0v) is 18.2. The van der Waals surface area contributed by atoms with Crippen LogP contribution in [0.15, 0.2) is 60.2 Å². The SMILES string of the molecule is CC(C)(C)C1=CC2CCCC(C1)N2C(=O)OCC1c2ccccc2-c2ccccc21. The average molecular weight is 402 g/mol. The summed E-state index contributed by atoms with van der Waals surface area (Å²) in [4.78, 5) is 15.3. The van der Waals surface area contributed by atoms with Gasteiger partial charge in [-0.2, -0.15) is 0 Å². The molecule has 30 heavy (non-hydrogen) atoms. The smallest absolute Gasteiger partial charge is 0.410 e. The van der Waals surface area contributed by atoms with Crippen molar-refractivity contribution in [2.24, 2.45) is 5.41 Å². The molecule has 3 heteroatoms. The second-order valence-electron chi connectivity index (χ2n) is 10.0. The van der Waals surface area contributed by atoms with Crippen molar-refractivity contribution in [2.75, 3.05) is 6.61 Å². The van der Waals surface area contributed by atoms with Crippen LogP contribution in [0.4, 0.5) is 4.79 Å². The third-order valence-electron chi connectivity index (χ3n) is 7.15. The third kappa shape index (κ3) is 3.25. The first-order valence-corrected chi connectivity index (χ1v) is 11.3. The lowest BCUT2D eigenvalue weighted by Crippen LogP contribution is -2.52. The first-order chi connectivity index (χ1) is 14.4. The molecule has 2 aromatic rings. The van der Waals surface area contributed by atoms with Crippen LogP contribution >= 0.6 is 0 Å². The molecule has 3 nitrogen and oxygen atoms in total. The van der Waals surface area contributed by atoms with Crippen molar-refractivity contribution >= 4 is 6.09 Å². The number of rotatable bonds is 2. The molecule has 2 atom stereocenters. The molecule has 0 N–H and O–H groups in total. The lowest BCUT2D eigenvalue weighted by Gasteiger charge is -2.46. The second-order valence-corrected chi connectivity index (χ2v) is 10.0. The number of carbonyl (C=O) groups excluding carboxylic acids is 1. The zero-order valence-electron chi connectivity index (χ0n) is 18.2. The Morgan fingerprint density at radius 1 is 1.00 bits per heavy atom. The van der Waals surface area contributed by atoms with E-state index in [1.54, 1.807) is 0 Å². The number of carbonyl (C=O) groups is 1. The molecule has 0 radical (unpaired) electrons. The van der Waals surface area contributed by atoms with Gasteiger partial charge in [0.15, 0.2) is 0 Å². The summed E-state index contributed by atoms with van der Waals surface area (Å²) in [7, 11) is 0. The molecule has 2 aromatic carbocycles. The van der Waals surface area contributed by atoms with Crippen LogP contribution in [0.1, 0.15) is 63.5 Å². The summed E-state index contributed by atoms with van der Waals surface area (Å²) in [5.41, 5.74) is 6.71. The van der Waals surface area contributed by atoms with E-state index in [0.717, 1.165) is 19.3 Å². The number of hydrogen-bond donors (Lipinski definition) is 0. The van der Waals surface area contributed by atoms with E-state index in [4.69, 9.17) is 4.74 Å². The summed E-state index contributed by atoms with van der Waals surface area (Å²) < 4.78 is 5.99. The normalized spacial score (nSPS) is 22.9. The van der Waals surface area contributed by atoms with E-state index in [-0.39, 0.29) is 29.5 Å². The van der Waals surface area contributed by atoms with E-state index >= 15 is 0 Å². The number of benzene rings is 2. The van der Waals surface area contributed by atoms with Gasteiger partial charge in [0.05, 0.1) is 6.04 Å². The van der Waals surface area contributed by atoms with E-state index in [0.29, 0.717) is 6.61 Å². The van der Waals surface area contributed by atoms with Crippen molar-refractivity contribution in [3.05, 3.63) is 71.3 Å². The minimum absolute atomic E-state index is 0.117. The Bertz CT molecular complexity index is 954.